The van der Waals surface area contributed by atoms with Gasteiger partial charge in [0.25, 0.3) is 0 Å². The van der Waals surface area contributed by atoms with Crippen molar-refractivity contribution in [3.8, 4) is 16.9 Å². The molecule has 0 fully saturated rings. The number of aromatic nitrogens is 1. The summed E-state index contributed by atoms with van der Waals surface area (Å²) in [4.78, 5) is 13.3. The first-order valence-electron chi connectivity index (χ1n) is 4.34. The van der Waals surface area contributed by atoms with Gasteiger partial charge >= 0.3 is 0 Å². The van der Waals surface area contributed by atoms with Crippen LogP contribution in [0.4, 0.5) is 4.39 Å². The van der Waals surface area contributed by atoms with Crippen molar-refractivity contribution < 1.29 is 9.50 Å². The van der Waals surface area contributed by atoms with E-state index in [0.29, 0.717) is 11.1 Å². The lowest BCUT2D eigenvalue weighted by Crippen LogP contribution is -2.01. The van der Waals surface area contributed by atoms with Crippen molar-refractivity contribution in [2.75, 3.05) is 0 Å². The van der Waals surface area contributed by atoms with Gasteiger partial charge in [0, 0.05) is 18.3 Å². The first-order valence-corrected chi connectivity index (χ1v) is 4.34. The van der Waals surface area contributed by atoms with Crippen LogP contribution in [0.5, 0.6) is 5.75 Å². The number of aromatic hydroxyl groups is 1. The van der Waals surface area contributed by atoms with Crippen molar-refractivity contribution in [2.45, 2.75) is 0 Å². The Morgan fingerprint density at radius 3 is 2.53 bits per heavy atom. The third kappa shape index (κ3) is 2.04. The molecule has 2 N–H and O–H groups in total. The number of aromatic amines is 1. The van der Waals surface area contributed by atoms with Gasteiger partial charge in [-0.25, -0.2) is 4.39 Å². The van der Waals surface area contributed by atoms with Crippen molar-refractivity contribution in [3.05, 3.63) is 52.7 Å². The number of H-pyrrole nitrogens is 1. The third-order valence-corrected chi connectivity index (χ3v) is 2.00. The number of hydrogen-bond acceptors (Lipinski definition) is 2. The van der Waals surface area contributed by atoms with Crippen molar-refractivity contribution >= 4 is 0 Å². The second-order valence-corrected chi connectivity index (χ2v) is 3.14. The molecule has 0 aliphatic rings. The van der Waals surface area contributed by atoms with Gasteiger partial charge in [-0.2, -0.15) is 0 Å². The normalized spacial score (nSPS) is 10.2. The van der Waals surface area contributed by atoms with Crippen LogP contribution in [0.2, 0.25) is 0 Å². The van der Waals surface area contributed by atoms with Crippen LogP contribution in [0, 0.1) is 5.82 Å². The number of phenols is 1. The summed E-state index contributed by atoms with van der Waals surface area (Å²) in [6.07, 6.45) is 1.47. The lowest BCUT2D eigenvalue weighted by atomic mass is 10.1. The molecule has 3 nitrogen and oxygen atoms in total. The van der Waals surface area contributed by atoms with Gasteiger partial charge in [-0.3, -0.25) is 4.79 Å². The van der Waals surface area contributed by atoms with E-state index in [9.17, 15) is 14.3 Å². The fourth-order valence-electron chi connectivity index (χ4n) is 1.33. The van der Waals surface area contributed by atoms with Crippen molar-refractivity contribution in [1.29, 1.82) is 0 Å². The second kappa shape index (κ2) is 3.57. The zero-order chi connectivity index (χ0) is 10.8. The number of hydrogen-bond donors (Lipinski definition) is 2. The van der Waals surface area contributed by atoms with E-state index in [1.807, 2.05) is 0 Å². The third-order valence-electron chi connectivity index (χ3n) is 2.00. The van der Waals surface area contributed by atoms with Crippen LogP contribution in [0.15, 0.2) is 41.3 Å². The van der Waals surface area contributed by atoms with Crippen molar-refractivity contribution in [3.63, 3.8) is 0 Å². The molecule has 1 aromatic carbocycles. The van der Waals surface area contributed by atoms with E-state index in [-0.39, 0.29) is 11.3 Å². The molecular formula is C11H8FNO2. The molecule has 2 rings (SSSR count). The molecule has 2 aromatic rings. The second-order valence-electron chi connectivity index (χ2n) is 3.14. The molecule has 0 bridgehead atoms. The van der Waals surface area contributed by atoms with Gasteiger partial charge in [-0.1, -0.05) is 0 Å². The highest BCUT2D eigenvalue weighted by molar-refractivity contribution is 5.63. The Hall–Kier alpha value is -2.10. The Kier molecular flexibility index (Phi) is 2.25. The van der Waals surface area contributed by atoms with Crippen LogP contribution in [0.25, 0.3) is 11.1 Å². The molecule has 0 spiro atoms. The largest absolute Gasteiger partial charge is 0.508 e. The highest BCUT2D eigenvalue weighted by Gasteiger charge is 2.02. The molecule has 0 atom stereocenters. The maximum Gasteiger partial charge on any atom is 0.247 e. The van der Waals surface area contributed by atoms with Crippen molar-refractivity contribution in [1.82, 2.24) is 4.98 Å². The summed E-state index contributed by atoms with van der Waals surface area (Å²) in [5.41, 5.74) is 0.938. The van der Waals surface area contributed by atoms with Gasteiger partial charge < -0.3 is 10.1 Å². The minimum Gasteiger partial charge on any atom is -0.508 e. The Labute approximate surface area is 84.8 Å². The summed E-state index contributed by atoms with van der Waals surface area (Å²) in [6, 6.07) is 6.64. The Morgan fingerprint density at radius 2 is 1.93 bits per heavy atom. The first-order chi connectivity index (χ1) is 7.15. The standard InChI is InChI=1S/C11H8FNO2/c12-9-3-8(4-10(14)5-9)7-1-2-11(15)13-6-7/h1-6,14H,(H,13,15). The predicted molar refractivity (Wildman–Crippen MR) is 54.1 cm³/mol. The number of nitrogens with one attached hydrogen (secondary N) is 1. The van der Waals surface area contributed by atoms with Crippen LogP contribution >= 0.6 is 0 Å². The average Bonchev–Trinajstić information content (AvgIpc) is 2.17. The number of pyridine rings is 1. The molecule has 4 heteroatoms. The van der Waals surface area contributed by atoms with E-state index >= 15 is 0 Å². The molecular weight excluding hydrogens is 197 g/mol. The van der Waals surface area contributed by atoms with Crippen molar-refractivity contribution in [2.24, 2.45) is 0 Å². The summed E-state index contributed by atoms with van der Waals surface area (Å²) >= 11 is 0. The molecule has 0 saturated carbocycles. The number of halogens is 1. The number of rotatable bonds is 1. The van der Waals surface area contributed by atoms with Gasteiger partial charge in [0.2, 0.25) is 5.56 Å². The van der Waals surface area contributed by atoms with Crippen LogP contribution in [-0.4, -0.2) is 10.1 Å². The molecule has 0 aliphatic carbocycles. The van der Waals surface area contributed by atoms with Crippen LogP contribution in [0.3, 0.4) is 0 Å². The number of benzene rings is 1. The molecule has 15 heavy (non-hydrogen) atoms. The summed E-state index contributed by atoms with van der Waals surface area (Å²) in [6.45, 7) is 0. The molecule has 76 valence electrons. The average molecular weight is 205 g/mol. The Balaban J connectivity index is 2.53. The molecule has 1 aromatic heterocycles. The van der Waals surface area contributed by atoms with Gasteiger partial charge in [0.1, 0.15) is 11.6 Å². The highest BCUT2D eigenvalue weighted by Crippen LogP contribution is 2.23. The van der Waals surface area contributed by atoms with E-state index in [4.69, 9.17) is 0 Å². The smallest absolute Gasteiger partial charge is 0.247 e. The zero-order valence-electron chi connectivity index (χ0n) is 7.70. The molecule has 0 aliphatic heterocycles. The Bertz CT molecular complexity index is 508. The van der Waals surface area contributed by atoms with Gasteiger partial charge in [-0.05, 0) is 29.3 Å². The van der Waals surface area contributed by atoms with E-state index in [2.05, 4.69) is 4.98 Å². The lowest BCUT2D eigenvalue weighted by Gasteiger charge is -2.01. The lowest BCUT2D eigenvalue weighted by molar-refractivity contribution is 0.469. The maximum absolute atomic E-state index is 13.0. The SMILES string of the molecule is O=c1ccc(-c2cc(O)cc(F)c2)c[nH]1. The topological polar surface area (TPSA) is 53.1 Å². The molecule has 1 heterocycles. The summed E-state index contributed by atoms with van der Waals surface area (Å²) in [5.74, 6) is -0.660. The van der Waals surface area contributed by atoms with Crippen LogP contribution in [-0.2, 0) is 0 Å². The van der Waals surface area contributed by atoms with Gasteiger partial charge in [0.05, 0.1) is 0 Å². The summed E-state index contributed by atoms with van der Waals surface area (Å²) in [7, 11) is 0. The molecule has 0 unspecified atom stereocenters. The molecule has 0 saturated heterocycles. The highest BCUT2D eigenvalue weighted by atomic mass is 19.1. The first kappa shape index (κ1) is 9.45. The van der Waals surface area contributed by atoms with Crippen LogP contribution < -0.4 is 5.56 Å². The fourth-order valence-corrected chi connectivity index (χ4v) is 1.33. The quantitative estimate of drug-likeness (QED) is 0.746. The Morgan fingerprint density at radius 1 is 1.13 bits per heavy atom. The summed E-state index contributed by atoms with van der Waals surface area (Å²) in [5, 5.41) is 9.20. The predicted octanol–water partition coefficient (Wildman–Crippen LogP) is 1.89. The minimum absolute atomic E-state index is 0.142. The fraction of sp³-hybridized carbons (Fsp3) is 0. The van der Waals surface area contributed by atoms with Gasteiger partial charge in [-0.15, -0.1) is 0 Å². The maximum atomic E-state index is 13.0. The van der Waals surface area contributed by atoms with E-state index < -0.39 is 5.82 Å². The number of phenolic OH excluding ortho intramolecular Hbond substituents is 1. The monoisotopic (exact) mass is 205 g/mol. The van der Waals surface area contributed by atoms with Crippen LogP contribution in [0.1, 0.15) is 0 Å². The van der Waals surface area contributed by atoms with Gasteiger partial charge in [0.15, 0.2) is 0 Å². The molecule has 0 radical (unpaired) electrons. The zero-order valence-corrected chi connectivity index (χ0v) is 7.70. The van der Waals surface area contributed by atoms with E-state index in [1.165, 1.54) is 24.4 Å². The van der Waals surface area contributed by atoms with E-state index in [1.54, 1.807) is 6.07 Å². The summed E-state index contributed by atoms with van der Waals surface area (Å²) < 4.78 is 13.0. The molecule has 0 amide bonds. The minimum atomic E-state index is -0.517. The van der Waals surface area contributed by atoms with E-state index in [0.717, 1.165) is 6.07 Å².